The van der Waals surface area contributed by atoms with Crippen molar-refractivity contribution in [2.75, 3.05) is 0 Å². The number of aromatic amines is 1. The van der Waals surface area contributed by atoms with Crippen molar-refractivity contribution in [3.8, 4) is 5.69 Å². The topological polar surface area (TPSA) is 20.7 Å². The number of nitrogens with one attached hydrogen (secondary N) is 1. The van der Waals surface area contributed by atoms with Gasteiger partial charge in [-0.2, -0.15) is 0 Å². The average Bonchev–Trinajstić information content (AvgIpc) is 3.66. The Labute approximate surface area is 262 Å². The normalized spacial score (nSPS) is 12.0. The minimum Gasteiger partial charge on any atom is -0.355 e. The van der Waals surface area contributed by atoms with E-state index in [0.717, 1.165) is 0 Å². The van der Waals surface area contributed by atoms with E-state index in [1.54, 1.807) is 0 Å². The maximum Gasteiger partial charge on any atom is 0.181 e. The zero-order valence-corrected chi connectivity index (χ0v) is 25.7. The predicted molar refractivity (Wildman–Crippen MR) is 194 cm³/mol. The van der Waals surface area contributed by atoms with Gasteiger partial charge in [-0.05, 0) is 51.1 Å². The number of H-pyrrole nitrogens is 1. The molecule has 2 heterocycles. The molecule has 0 amide bonds. The third-order valence-corrected chi connectivity index (χ3v) is 14.3. The number of fused-ring (bicyclic) bond motifs is 6. The number of hydrogen-bond donors (Lipinski definition) is 1. The van der Waals surface area contributed by atoms with Crippen molar-refractivity contribution in [1.29, 1.82) is 0 Å². The smallest absolute Gasteiger partial charge is 0.181 e. The fourth-order valence-electron chi connectivity index (χ4n) is 7.61. The first-order chi connectivity index (χ1) is 22.3. The van der Waals surface area contributed by atoms with Gasteiger partial charge in [0.25, 0.3) is 0 Å². The molecule has 0 bridgehead atoms. The Morgan fingerprint density at radius 2 is 0.911 bits per heavy atom. The van der Waals surface area contributed by atoms with Crippen LogP contribution in [0.1, 0.15) is 0 Å². The summed E-state index contributed by atoms with van der Waals surface area (Å²) in [6.45, 7) is 0. The van der Waals surface area contributed by atoms with Gasteiger partial charge in [0, 0.05) is 38.3 Å². The molecule has 7 aromatic carbocycles. The molecule has 0 aliphatic heterocycles. The molecule has 0 aliphatic rings. The highest BCUT2D eigenvalue weighted by atomic mass is 28.3. The van der Waals surface area contributed by atoms with E-state index in [0.29, 0.717) is 0 Å². The van der Waals surface area contributed by atoms with Crippen LogP contribution in [0.4, 0.5) is 0 Å². The van der Waals surface area contributed by atoms with Crippen LogP contribution in [0.15, 0.2) is 176 Å². The van der Waals surface area contributed by atoms with Gasteiger partial charge in [0.15, 0.2) is 8.07 Å². The fraction of sp³-hybridized carbons (Fsp3) is 0. The monoisotopic (exact) mass is 590 g/mol. The van der Waals surface area contributed by atoms with Crippen molar-refractivity contribution in [3.63, 3.8) is 0 Å². The number of nitrogens with zero attached hydrogens (tertiary/aromatic N) is 1. The first-order valence-corrected chi connectivity index (χ1v) is 17.5. The quantitative estimate of drug-likeness (QED) is 0.156. The second-order valence-corrected chi connectivity index (χ2v) is 15.6. The first-order valence-electron chi connectivity index (χ1n) is 15.5. The van der Waals surface area contributed by atoms with Gasteiger partial charge in [-0.3, -0.25) is 0 Å². The van der Waals surface area contributed by atoms with Crippen LogP contribution >= 0.6 is 0 Å². The van der Waals surface area contributed by atoms with Gasteiger partial charge in [0.2, 0.25) is 0 Å². The minimum absolute atomic E-state index is 1.17. The van der Waals surface area contributed by atoms with Crippen LogP contribution in [0.2, 0.25) is 0 Å². The summed E-state index contributed by atoms with van der Waals surface area (Å²) in [4.78, 5) is 3.88. The van der Waals surface area contributed by atoms with Crippen LogP contribution in [-0.2, 0) is 0 Å². The van der Waals surface area contributed by atoms with Crippen molar-refractivity contribution in [1.82, 2.24) is 9.55 Å². The number of para-hydroxylation sites is 4. The van der Waals surface area contributed by atoms with E-state index in [-0.39, 0.29) is 0 Å². The Balaban J connectivity index is 1.42. The molecule has 1 N–H and O–H groups in total. The van der Waals surface area contributed by atoms with Crippen molar-refractivity contribution in [2.45, 2.75) is 0 Å². The Bertz CT molecular complexity index is 2400. The van der Waals surface area contributed by atoms with Crippen molar-refractivity contribution < 1.29 is 0 Å². The summed E-state index contributed by atoms with van der Waals surface area (Å²) in [5.74, 6) is 0. The van der Waals surface area contributed by atoms with Gasteiger partial charge >= 0.3 is 0 Å². The van der Waals surface area contributed by atoms with Gasteiger partial charge in [0.05, 0.1) is 11.0 Å². The number of rotatable bonds is 5. The summed E-state index contributed by atoms with van der Waals surface area (Å²) in [5, 5.41) is 10.5. The lowest BCUT2D eigenvalue weighted by Gasteiger charge is -2.35. The molecule has 45 heavy (non-hydrogen) atoms. The second kappa shape index (κ2) is 10.2. The van der Waals surface area contributed by atoms with Crippen LogP contribution in [-0.4, -0.2) is 17.6 Å². The molecule has 9 rings (SSSR count). The van der Waals surface area contributed by atoms with Crippen molar-refractivity contribution >= 4 is 72.4 Å². The maximum absolute atomic E-state index is 3.88. The summed E-state index contributed by atoms with van der Waals surface area (Å²) >= 11 is 0. The molecular weight excluding hydrogens is 561 g/mol. The van der Waals surface area contributed by atoms with E-state index < -0.39 is 8.07 Å². The molecule has 9 aromatic rings. The van der Waals surface area contributed by atoms with Crippen LogP contribution in [0, 0.1) is 0 Å². The van der Waals surface area contributed by atoms with E-state index in [9.17, 15) is 0 Å². The zero-order chi connectivity index (χ0) is 29.8. The Hall–Kier alpha value is -5.64. The Morgan fingerprint density at radius 1 is 0.400 bits per heavy atom. The molecular formula is C42H30N2Si. The molecule has 0 fully saturated rings. The number of aromatic nitrogens is 2. The number of benzene rings is 7. The van der Waals surface area contributed by atoms with E-state index in [1.807, 2.05) is 0 Å². The highest BCUT2D eigenvalue weighted by molar-refractivity contribution is 7.20. The lowest BCUT2D eigenvalue weighted by Crippen LogP contribution is -2.75. The van der Waals surface area contributed by atoms with E-state index >= 15 is 0 Å². The molecule has 0 atom stereocenters. The lowest BCUT2D eigenvalue weighted by molar-refractivity contribution is 1.18. The Kier molecular flexibility index (Phi) is 5.87. The van der Waals surface area contributed by atoms with Crippen molar-refractivity contribution in [3.05, 3.63) is 176 Å². The van der Waals surface area contributed by atoms with Crippen LogP contribution in [0.3, 0.4) is 0 Å². The van der Waals surface area contributed by atoms with Gasteiger partial charge in [-0.1, -0.05) is 146 Å². The molecule has 0 radical (unpaired) electrons. The minimum atomic E-state index is -2.85. The predicted octanol–water partition coefficient (Wildman–Crippen LogP) is 7.80. The average molecular weight is 591 g/mol. The zero-order valence-electron chi connectivity index (χ0n) is 24.7. The largest absolute Gasteiger partial charge is 0.355 e. The maximum atomic E-state index is 3.88. The summed E-state index contributed by atoms with van der Waals surface area (Å²) in [7, 11) is -2.85. The summed E-state index contributed by atoms with van der Waals surface area (Å²) in [6, 6.07) is 64.9. The van der Waals surface area contributed by atoms with Crippen LogP contribution in [0.5, 0.6) is 0 Å². The van der Waals surface area contributed by atoms with Gasteiger partial charge in [0.1, 0.15) is 0 Å². The third kappa shape index (κ3) is 3.81. The highest BCUT2D eigenvalue weighted by Gasteiger charge is 2.43. The molecule has 2 nitrogen and oxygen atoms in total. The van der Waals surface area contributed by atoms with Crippen LogP contribution in [0.25, 0.3) is 49.3 Å². The SMILES string of the molecule is c1ccc([Si](c2ccccc2)(c2cccc(-n3c4ccccc4c4ccccc43)c2)c2cccc3c2[nH]c2ccccc23)cc1. The molecule has 0 aliphatic carbocycles. The van der Waals surface area contributed by atoms with Crippen molar-refractivity contribution in [2.24, 2.45) is 0 Å². The lowest BCUT2D eigenvalue weighted by atomic mass is 10.1. The molecule has 0 unspecified atom stereocenters. The highest BCUT2D eigenvalue weighted by Crippen LogP contribution is 2.32. The van der Waals surface area contributed by atoms with E-state index in [1.165, 1.54) is 70.0 Å². The first kappa shape index (κ1) is 25.8. The Morgan fingerprint density at radius 3 is 1.58 bits per heavy atom. The standard InChI is InChI=1S/C42H30N2Si/c1-3-16-31(17-4-1)45(32-18-5-2-6-19-32,41-28-14-24-37-34-21-7-10-25-38(34)43-42(37)41)33-20-13-15-30(29-33)44-39-26-11-8-22-35(39)36-23-9-12-27-40(36)44/h1-29,43H. The molecule has 2 aromatic heterocycles. The molecule has 0 spiro atoms. The van der Waals surface area contributed by atoms with Gasteiger partial charge in [-0.25, -0.2) is 0 Å². The summed E-state index contributed by atoms with van der Waals surface area (Å²) < 4.78 is 2.44. The van der Waals surface area contributed by atoms with E-state index in [4.69, 9.17) is 0 Å². The van der Waals surface area contributed by atoms with E-state index in [2.05, 4.69) is 185 Å². The third-order valence-electron chi connectivity index (χ3n) is 9.48. The molecule has 3 heteroatoms. The second-order valence-electron chi connectivity index (χ2n) is 11.8. The summed E-state index contributed by atoms with van der Waals surface area (Å²) in [6.07, 6.45) is 0. The molecule has 0 saturated heterocycles. The molecule has 212 valence electrons. The van der Waals surface area contributed by atoms with Gasteiger partial charge in [-0.15, -0.1) is 0 Å². The summed E-state index contributed by atoms with van der Waals surface area (Å²) in [5.41, 5.74) is 6.02. The molecule has 0 saturated carbocycles. The fourth-order valence-corrected chi connectivity index (χ4v) is 12.6. The number of hydrogen-bond acceptors (Lipinski definition) is 0. The van der Waals surface area contributed by atoms with Crippen LogP contribution < -0.4 is 20.7 Å². The van der Waals surface area contributed by atoms with Gasteiger partial charge < -0.3 is 9.55 Å².